The van der Waals surface area contributed by atoms with Gasteiger partial charge in [-0.2, -0.15) is 0 Å². The lowest BCUT2D eigenvalue weighted by molar-refractivity contribution is 0.520. The van der Waals surface area contributed by atoms with Crippen molar-refractivity contribution in [1.82, 2.24) is 29.5 Å². The molecular formula is C12H15N7. The Labute approximate surface area is 110 Å². The number of aromatic nitrogens is 6. The van der Waals surface area contributed by atoms with Crippen LogP contribution in [0.2, 0.25) is 0 Å². The second kappa shape index (κ2) is 4.68. The van der Waals surface area contributed by atoms with Crippen LogP contribution in [0, 0.1) is 6.92 Å². The molecule has 0 amide bonds. The molecular weight excluding hydrogens is 242 g/mol. The zero-order chi connectivity index (χ0) is 13.2. The number of pyridine rings is 1. The summed E-state index contributed by atoms with van der Waals surface area (Å²) < 4.78 is 3.73. The lowest BCUT2D eigenvalue weighted by Gasteiger charge is -2.05. The third-order valence-corrected chi connectivity index (χ3v) is 2.99. The fraction of sp³-hybridized carbons (Fsp3) is 0.333. The predicted octanol–water partition coefficient (Wildman–Crippen LogP) is 1.00. The van der Waals surface area contributed by atoms with Gasteiger partial charge in [0.15, 0.2) is 5.65 Å². The van der Waals surface area contributed by atoms with Crippen LogP contribution < -0.4 is 5.73 Å². The van der Waals surface area contributed by atoms with Crippen LogP contribution in [-0.2, 0) is 13.1 Å². The van der Waals surface area contributed by atoms with E-state index in [1.165, 1.54) is 0 Å². The smallest absolute Gasteiger partial charge is 0.202 e. The number of anilines is 1. The monoisotopic (exact) mass is 257 g/mol. The van der Waals surface area contributed by atoms with Crippen LogP contribution in [0.1, 0.15) is 12.0 Å². The highest BCUT2D eigenvalue weighted by atomic mass is 15.4. The summed E-state index contributed by atoms with van der Waals surface area (Å²) >= 11 is 0. The molecule has 0 atom stereocenters. The van der Waals surface area contributed by atoms with Crippen molar-refractivity contribution in [2.24, 2.45) is 0 Å². The highest BCUT2D eigenvalue weighted by Gasteiger charge is 2.09. The van der Waals surface area contributed by atoms with Crippen molar-refractivity contribution >= 4 is 17.1 Å². The number of hydrogen-bond acceptors (Lipinski definition) is 5. The van der Waals surface area contributed by atoms with Crippen LogP contribution in [0.15, 0.2) is 24.7 Å². The minimum atomic E-state index is 0.506. The molecule has 98 valence electrons. The summed E-state index contributed by atoms with van der Waals surface area (Å²) in [7, 11) is 0. The molecule has 19 heavy (non-hydrogen) atoms. The summed E-state index contributed by atoms with van der Waals surface area (Å²) in [6.45, 7) is 3.55. The molecule has 0 aromatic carbocycles. The average molecular weight is 257 g/mol. The van der Waals surface area contributed by atoms with E-state index in [0.29, 0.717) is 5.95 Å². The van der Waals surface area contributed by atoms with Gasteiger partial charge in [0, 0.05) is 25.5 Å². The van der Waals surface area contributed by atoms with Crippen LogP contribution in [0.25, 0.3) is 11.2 Å². The van der Waals surface area contributed by atoms with E-state index in [1.807, 2.05) is 30.0 Å². The Hall–Kier alpha value is -2.44. The first-order valence-electron chi connectivity index (χ1n) is 6.16. The number of rotatable bonds is 4. The average Bonchev–Trinajstić information content (AvgIpc) is 2.98. The Morgan fingerprint density at radius 3 is 3.00 bits per heavy atom. The molecule has 3 heterocycles. The summed E-state index contributed by atoms with van der Waals surface area (Å²) in [5.74, 6) is 0.506. The van der Waals surface area contributed by atoms with Gasteiger partial charge in [0.25, 0.3) is 0 Å². The number of nitrogens with zero attached hydrogens (tertiary/aromatic N) is 6. The molecule has 0 aliphatic heterocycles. The number of nitrogens with two attached hydrogens (primary N) is 1. The molecule has 0 saturated carbocycles. The van der Waals surface area contributed by atoms with Crippen molar-refractivity contribution in [2.45, 2.75) is 26.4 Å². The van der Waals surface area contributed by atoms with Gasteiger partial charge < -0.3 is 5.73 Å². The van der Waals surface area contributed by atoms with Crippen molar-refractivity contribution in [1.29, 1.82) is 0 Å². The molecule has 3 rings (SSSR count). The maximum atomic E-state index is 5.94. The molecule has 0 fully saturated rings. The van der Waals surface area contributed by atoms with Gasteiger partial charge >= 0.3 is 0 Å². The SMILES string of the molecule is Cc1cnc2c(c1)nc(N)n2CCCn1ccnn1. The number of fused-ring (bicyclic) bond motifs is 1. The molecule has 0 bridgehead atoms. The van der Waals surface area contributed by atoms with Gasteiger partial charge in [-0.15, -0.1) is 5.10 Å². The molecule has 3 aromatic heterocycles. The van der Waals surface area contributed by atoms with Crippen molar-refractivity contribution in [3.05, 3.63) is 30.2 Å². The summed E-state index contributed by atoms with van der Waals surface area (Å²) in [4.78, 5) is 8.74. The van der Waals surface area contributed by atoms with E-state index >= 15 is 0 Å². The lowest BCUT2D eigenvalue weighted by atomic mass is 10.3. The first kappa shape index (κ1) is 11.6. The Balaban J connectivity index is 1.78. The number of aryl methyl sites for hydroxylation is 3. The third kappa shape index (κ3) is 2.26. The standard InChI is InChI=1S/C12H15N7/c1-9-7-10-11(14-8-9)19(12(13)16-10)5-2-4-18-6-3-15-17-18/h3,6-8H,2,4-5H2,1H3,(H2,13,16). The normalized spacial score (nSPS) is 11.2. The van der Waals surface area contributed by atoms with Crippen LogP contribution in [0.5, 0.6) is 0 Å². The van der Waals surface area contributed by atoms with Crippen LogP contribution >= 0.6 is 0 Å². The minimum absolute atomic E-state index is 0.506. The van der Waals surface area contributed by atoms with Gasteiger partial charge in [-0.3, -0.25) is 9.25 Å². The molecule has 0 spiro atoms. The van der Waals surface area contributed by atoms with E-state index in [1.54, 1.807) is 10.9 Å². The van der Waals surface area contributed by atoms with Crippen LogP contribution in [0.4, 0.5) is 5.95 Å². The molecule has 0 radical (unpaired) electrons. The molecule has 0 saturated heterocycles. The second-order valence-electron chi connectivity index (χ2n) is 4.50. The highest BCUT2D eigenvalue weighted by Crippen LogP contribution is 2.17. The maximum Gasteiger partial charge on any atom is 0.202 e. The molecule has 7 nitrogen and oxygen atoms in total. The van der Waals surface area contributed by atoms with E-state index in [4.69, 9.17) is 5.73 Å². The zero-order valence-electron chi connectivity index (χ0n) is 10.7. The maximum absolute atomic E-state index is 5.94. The zero-order valence-corrected chi connectivity index (χ0v) is 10.7. The van der Waals surface area contributed by atoms with E-state index in [9.17, 15) is 0 Å². The Kier molecular flexibility index (Phi) is 2.86. The van der Waals surface area contributed by atoms with Gasteiger partial charge in [0.2, 0.25) is 5.95 Å². The molecule has 0 aliphatic carbocycles. The third-order valence-electron chi connectivity index (χ3n) is 2.99. The number of nitrogen functional groups attached to an aromatic ring is 1. The minimum Gasteiger partial charge on any atom is -0.369 e. The fourth-order valence-corrected chi connectivity index (χ4v) is 2.09. The summed E-state index contributed by atoms with van der Waals surface area (Å²) in [6, 6.07) is 1.99. The number of imidazole rings is 1. The Morgan fingerprint density at radius 1 is 1.32 bits per heavy atom. The Morgan fingerprint density at radius 2 is 2.21 bits per heavy atom. The topological polar surface area (TPSA) is 87.4 Å². The summed E-state index contributed by atoms with van der Waals surface area (Å²) in [6.07, 6.45) is 6.24. The fourth-order valence-electron chi connectivity index (χ4n) is 2.09. The van der Waals surface area contributed by atoms with E-state index in [2.05, 4.69) is 20.3 Å². The van der Waals surface area contributed by atoms with E-state index < -0.39 is 0 Å². The van der Waals surface area contributed by atoms with Gasteiger partial charge in [0.05, 0.1) is 6.20 Å². The van der Waals surface area contributed by atoms with Crippen molar-refractivity contribution in [3.63, 3.8) is 0 Å². The van der Waals surface area contributed by atoms with E-state index in [0.717, 1.165) is 36.2 Å². The summed E-state index contributed by atoms with van der Waals surface area (Å²) in [5.41, 5.74) is 8.70. The van der Waals surface area contributed by atoms with Crippen molar-refractivity contribution < 1.29 is 0 Å². The van der Waals surface area contributed by atoms with Gasteiger partial charge in [-0.1, -0.05) is 5.21 Å². The first-order valence-corrected chi connectivity index (χ1v) is 6.16. The highest BCUT2D eigenvalue weighted by molar-refractivity contribution is 5.74. The van der Waals surface area contributed by atoms with Crippen molar-refractivity contribution in [2.75, 3.05) is 5.73 Å². The molecule has 0 unspecified atom stereocenters. The predicted molar refractivity (Wildman–Crippen MR) is 71.3 cm³/mol. The van der Waals surface area contributed by atoms with Crippen molar-refractivity contribution in [3.8, 4) is 0 Å². The van der Waals surface area contributed by atoms with Gasteiger partial charge in [-0.05, 0) is 25.0 Å². The largest absolute Gasteiger partial charge is 0.369 e. The number of hydrogen-bond donors (Lipinski definition) is 1. The Bertz CT molecular complexity index is 683. The second-order valence-corrected chi connectivity index (χ2v) is 4.50. The summed E-state index contributed by atoms with van der Waals surface area (Å²) in [5, 5.41) is 7.70. The molecule has 7 heteroatoms. The molecule has 2 N–H and O–H groups in total. The molecule has 3 aromatic rings. The first-order chi connectivity index (χ1) is 9.24. The van der Waals surface area contributed by atoms with Gasteiger partial charge in [-0.25, -0.2) is 9.97 Å². The van der Waals surface area contributed by atoms with E-state index in [-0.39, 0.29) is 0 Å². The molecule has 0 aliphatic rings. The van der Waals surface area contributed by atoms with Crippen LogP contribution in [-0.4, -0.2) is 29.5 Å². The van der Waals surface area contributed by atoms with Gasteiger partial charge in [0.1, 0.15) is 5.52 Å². The van der Waals surface area contributed by atoms with Crippen LogP contribution in [0.3, 0.4) is 0 Å². The lowest BCUT2D eigenvalue weighted by Crippen LogP contribution is -2.08. The quantitative estimate of drug-likeness (QED) is 0.753.